The maximum atomic E-state index is 14.3. The van der Waals surface area contributed by atoms with E-state index in [4.69, 9.17) is 27.9 Å². The Labute approximate surface area is 205 Å². The number of nitrogens with zero attached hydrogens (tertiary/aromatic N) is 1. The molecule has 0 bridgehead atoms. The predicted molar refractivity (Wildman–Crippen MR) is 117 cm³/mol. The molecule has 35 heavy (non-hydrogen) atoms. The van der Waals surface area contributed by atoms with E-state index in [0.29, 0.717) is 18.2 Å². The number of hydrogen-bond donors (Lipinski definition) is 1. The molecule has 3 aromatic carbocycles. The van der Waals surface area contributed by atoms with Crippen LogP contribution in [0.1, 0.15) is 11.1 Å². The lowest BCUT2D eigenvalue weighted by atomic mass is 10.1. The van der Waals surface area contributed by atoms with Crippen molar-refractivity contribution in [1.29, 1.82) is 0 Å². The molecule has 0 saturated carbocycles. The van der Waals surface area contributed by atoms with Gasteiger partial charge in [0.05, 0.1) is 17.1 Å². The molecule has 188 valence electrons. The Bertz CT molecular complexity index is 1190. The van der Waals surface area contributed by atoms with Crippen molar-refractivity contribution in [3.05, 3.63) is 87.7 Å². The number of rotatable bonds is 7. The van der Waals surface area contributed by atoms with Gasteiger partial charge in [0, 0.05) is 23.9 Å². The topological polar surface area (TPSA) is 32.7 Å². The minimum atomic E-state index is -5.02. The summed E-state index contributed by atoms with van der Waals surface area (Å²) in [4.78, 5) is 0.892. The molecule has 0 amide bonds. The lowest BCUT2D eigenvalue weighted by molar-refractivity contribution is -0.200. The monoisotopic (exact) mass is 541 g/mol. The van der Waals surface area contributed by atoms with Gasteiger partial charge < -0.3 is 14.7 Å². The highest BCUT2D eigenvalue weighted by molar-refractivity contribution is 6.42. The number of aliphatic hydroxyl groups is 1. The molecule has 0 spiro atoms. The molecule has 0 heterocycles. The smallest absolute Gasteiger partial charge is 0.416 e. The van der Waals surface area contributed by atoms with Crippen LogP contribution >= 0.6 is 23.2 Å². The molecule has 3 aromatic rings. The van der Waals surface area contributed by atoms with Crippen LogP contribution in [0.15, 0.2) is 60.7 Å². The third-order valence-electron chi connectivity index (χ3n) is 4.83. The Morgan fingerprint density at radius 1 is 0.914 bits per heavy atom. The highest BCUT2D eigenvalue weighted by Crippen LogP contribution is 2.36. The molecule has 0 aliphatic heterocycles. The van der Waals surface area contributed by atoms with Crippen LogP contribution < -0.4 is 9.64 Å². The molecule has 0 saturated heterocycles. The fourth-order valence-corrected chi connectivity index (χ4v) is 3.42. The fraction of sp³-hybridized carbons (Fsp3) is 0.217. The first-order valence-electron chi connectivity index (χ1n) is 9.83. The Balaban J connectivity index is 1.98. The van der Waals surface area contributed by atoms with E-state index >= 15 is 0 Å². The van der Waals surface area contributed by atoms with E-state index in [1.807, 2.05) is 0 Å². The van der Waals surface area contributed by atoms with Gasteiger partial charge in [0.25, 0.3) is 0 Å². The molecule has 0 fully saturated rings. The summed E-state index contributed by atoms with van der Waals surface area (Å²) in [6.07, 6.45) is -12.7. The normalized spacial score (nSPS) is 13.0. The Morgan fingerprint density at radius 2 is 1.60 bits per heavy atom. The van der Waals surface area contributed by atoms with Crippen LogP contribution in [0.3, 0.4) is 0 Å². The van der Waals surface area contributed by atoms with Crippen molar-refractivity contribution in [3.63, 3.8) is 0 Å². The second-order valence-electron chi connectivity index (χ2n) is 7.39. The minimum Gasteiger partial charge on any atom is -0.456 e. The molecule has 0 aromatic heterocycles. The molecular weight excluding hydrogens is 526 g/mol. The van der Waals surface area contributed by atoms with Crippen LogP contribution in [0.25, 0.3) is 0 Å². The molecule has 0 aliphatic carbocycles. The van der Waals surface area contributed by atoms with Gasteiger partial charge in [0.15, 0.2) is 6.10 Å². The summed E-state index contributed by atoms with van der Waals surface area (Å²) >= 11 is 12.0. The van der Waals surface area contributed by atoms with E-state index in [9.17, 15) is 35.8 Å². The van der Waals surface area contributed by atoms with Gasteiger partial charge in [0.1, 0.15) is 22.3 Å². The molecule has 0 radical (unpaired) electrons. The average molecular weight is 542 g/mol. The SMILES string of the molecule is O[C@H](CN(Cc1cc(C(F)(F)F)ccc1F)c1cccc(Oc2cccc(Cl)c2Cl)c1)C(F)(F)F. The van der Waals surface area contributed by atoms with Gasteiger partial charge in [-0.2, -0.15) is 26.3 Å². The van der Waals surface area contributed by atoms with Gasteiger partial charge in [-0.15, -0.1) is 0 Å². The zero-order valence-corrected chi connectivity index (χ0v) is 19.0. The maximum absolute atomic E-state index is 14.3. The quantitative estimate of drug-likeness (QED) is 0.309. The number of aliphatic hydroxyl groups excluding tert-OH is 1. The first-order valence-corrected chi connectivity index (χ1v) is 10.6. The Morgan fingerprint density at radius 3 is 2.26 bits per heavy atom. The lowest BCUT2D eigenvalue weighted by Gasteiger charge is -2.29. The summed E-state index contributed by atoms with van der Waals surface area (Å²) in [5.74, 6) is -0.813. The van der Waals surface area contributed by atoms with E-state index in [-0.39, 0.29) is 27.2 Å². The summed E-state index contributed by atoms with van der Waals surface area (Å²) in [6.45, 7) is -1.79. The van der Waals surface area contributed by atoms with Gasteiger partial charge in [0.2, 0.25) is 0 Å². The maximum Gasteiger partial charge on any atom is 0.416 e. The zero-order chi connectivity index (χ0) is 26.0. The fourth-order valence-electron chi connectivity index (χ4n) is 3.08. The van der Waals surface area contributed by atoms with Crippen LogP contribution in [-0.4, -0.2) is 23.9 Å². The van der Waals surface area contributed by atoms with Gasteiger partial charge in [-0.05, 0) is 42.5 Å². The zero-order valence-electron chi connectivity index (χ0n) is 17.5. The number of alkyl halides is 6. The largest absolute Gasteiger partial charge is 0.456 e. The van der Waals surface area contributed by atoms with E-state index in [0.717, 1.165) is 4.90 Å². The van der Waals surface area contributed by atoms with Crippen LogP contribution in [0.4, 0.5) is 36.4 Å². The van der Waals surface area contributed by atoms with Gasteiger partial charge in [-0.25, -0.2) is 4.39 Å². The van der Waals surface area contributed by atoms with E-state index in [1.165, 1.54) is 36.4 Å². The Hall–Kier alpha value is -2.69. The molecular formula is C23H16Cl2F7NO2. The molecule has 12 heteroatoms. The Kier molecular flexibility index (Phi) is 8.08. The van der Waals surface area contributed by atoms with Gasteiger partial charge in [-0.3, -0.25) is 0 Å². The summed E-state index contributed by atoms with van der Waals surface area (Å²) in [5, 5.41) is 9.88. The molecule has 1 atom stereocenters. The summed E-state index contributed by atoms with van der Waals surface area (Å²) < 4.78 is 98.4. The number of halogens is 9. The van der Waals surface area contributed by atoms with Crippen LogP contribution in [-0.2, 0) is 12.7 Å². The summed E-state index contributed by atoms with van der Waals surface area (Å²) in [7, 11) is 0. The van der Waals surface area contributed by atoms with Crippen molar-refractivity contribution in [2.45, 2.75) is 25.0 Å². The van der Waals surface area contributed by atoms with E-state index in [2.05, 4.69) is 0 Å². The standard InChI is InChI=1S/C23H16Cl2F7NO2/c24-17-5-2-6-19(21(17)25)35-16-4-1-3-15(10-16)33(12-20(34)23(30,31)32)11-13-9-14(22(27,28)29)7-8-18(13)26/h1-10,20,34H,11-12H2/t20-/m1/s1. The van der Waals surface area contributed by atoms with E-state index in [1.54, 1.807) is 6.07 Å². The van der Waals surface area contributed by atoms with E-state index < -0.39 is 48.5 Å². The second kappa shape index (κ2) is 10.5. The van der Waals surface area contributed by atoms with Crippen molar-refractivity contribution in [1.82, 2.24) is 0 Å². The number of benzene rings is 3. The summed E-state index contributed by atoms with van der Waals surface area (Å²) in [6, 6.07) is 11.6. The average Bonchev–Trinajstić information content (AvgIpc) is 2.76. The highest BCUT2D eigenvalue weighted by Gasteiger charge is 2.39. The first kappa shape index (κ1) is 26.9. The number of ether oxygens (including phenoxy) is 1. The molecule has 1 N–H and O–H groups in total. The van der Waals surface area contributed by atoms with Crippen LogP contribution in [0, 0.1) is 5.82 Å². The van der Waals surface area contributed by atoms with Gasteiger partial charge in [-0.1, -0.05) is 35.3 Å². The number of hydrogen-bond acceptors (Lipinski definition) is 3. The molecule has 0 aliphatic rings. The number of anilines is 1. The third-order valence-corrected chi connectivity index (χ3v) is 5.63. The molecule has 3 nitrogen and oxygen atoms in total. The van der Waals surface area contributed by atoms with Crippen molar-refractivity contribution in [2.24, 2.45) is 0 Å². The van der Waals surface area contributed by atoms with Crippen LogP contribution in [0.2, 0.25) is 10.0 Å². The third kappa shape index (κ3) is 6.93. The van der Waals surface area contributed by atoms with Crippen molar-refractivity contribution >= 4 is 28.9 Å². The molecule has 3 rings (SSSR count). The minimum absolute atomic E-state index is 0.0146. The van der Waals surface area contributed by atoms with Crippen LogP contribution in [0.5, 0.6) is 11.5 Å². The lowest BCUT2D eigenvalue weighted by Crippen LogP contribution is -2.41. The van der Waals surface area contributed by atoms with Crippen molar-refractivity contribution in [3.8, 4) is 11.5 Å². The predicted octanol–water partition coefficient (Wildman–Crippen LogP) is 7.87. The second-order valence-corrected chi connectivity index (χ2v) is 8.18. The molecule has 0 unspecified atom stereocenters. The first-order chi connectivity index (χ1) is 16.3. The highest BCUT2D eigenvalue weighted by atomic mass is 35.5. The van der Waals surface area contributed by atoms with Gasteiger partial charge >= 0.3 is 12.4 Å². The summed E-state index contributed by atoms with van der Waals surface area (Å²) in [5.41, 5.74) is -1.67. The van der Waals surface area contributed by atoms with Crippen molar-refractivity contribution < 1.29 is 40.6 Å². The van der Waals surface area contributed by atoms with Crippen molar-refractivity contribution in [2.75, 3.05) is 11.4 Å².